The molecule has 0 fully saturated rings. The van der Waals surface area contributed by atoms with Gasteiger partial charge in [-0.05, 0) is 20.8 Å². The molecule has 0 radical (unpaired) electrons. The van der Waals surface area contributed by atoms with Gasteiger partial charge in [0, 0.05) is 12.4 Å². The molecule has 5 heteroatoms. The standard InChI is InChI=1S/C9H13ClN2O2/c1-5(4-8(13)14)12-7(3)9(10)6(2)11-12/h5H,4H2,1-3H3,(H,13,14)/p-1/t5-/m1/s1. The molecule has 0 aliphatic rings. The summed E-state index contributed by atoms with van der Waals surface area (Å²) in [7, 11) is 0. The molecule has 0 aromatic carbocycles. The third kappa shape index (κ3) is 2.07. The van der Waals surface area contributed by atoms with Gasteiger partial charge in [0.05, 0.1) is 22.5 Å². The zero-order valence-electron chi connectivity index (χ0n) is 8.37. The van der Waals surface area contributed by atoms with E-state index in [1.807, 2.05) is 6.92 Å². The van der Waals surface area contributed by atoms with E-state index in [1.54, 1.807) is 18.5 Å². The van der Waals surface area contributed by atoms with E-state index in [1.165, 1.54) is 0 Å². The van der Waals surface area contributed by atoms with Crippen LogP contribution in [-0.4, -0.2) is 15.7 Å². The van der Waals surface area contributed by atoms with Crippen LogP contribution in [0.3, 0.4) is 0 Å². The van der Waals surface area contributed by atoms with Crippen molar-refractivity contribution in [2.24, 2.45) is 0 Å². The number of aromatic nitrogens is 2. The summed E-state index contributed by atoms with van der Waals surface area (Å²) in [6, 6.07) is -0.230. The number of aliphatic carboxylic acids is 1. The number of hydrogen-bond donors (Lipinski definition) is 0. The van der Waals surface area contributed by atoms with Crippen molar-refractivity contribution >= 4 is 17.6 Å². The molecule has 14 heavy (non-hydrogen) atoms. The van der Waals surface area contributed by atoms with Crippen molar-refractivity contribution in [1.82, 2.24) is 9.78 Å². The van der Waals surface area contributed by atoms with E-state index >= 15 is 0 Å². The molecule has 0 N–H and O–H groups in total. The summed E-state index contributed by atoms with van der Waals surface area (Å²) >= 11 is 5.93. The summed E-state index contributed by atoms with van der Waals surface area (Å²) < 4.78 is 1.62. The van der Waals surface area contributed by atoms with Crippen molar-refractivity contribution in [2.75, 3.05) is 0 Å². The van der Waals surface area contributed by atoms with Gasteiger partial charge < -0.3 is 9.90 Å². The van der Waals surface area contributed by atoms with E-state index in [9.17, 15) is 9.90 Å². The first-order chi connectivity index (χ1) is 6.43. The Balaban J connectivity index is 2.95. The van der Waals surface area contributed by atoms with Crippen LogP contribution in [0.2, 0.25) is 5.02 Å². The van der Waals surface area contributed by atoms with Gasteiger partial charge in [0.15, 0.2) is 0 Å². The topological polar surface area (TPSA) is 58.0 Å². The molecule has 4 nitrogen and oxygen atoms in total. The molecular formula is C9H12ClN2O2-. The van der Waals surface area contributed by atoms with Crippen molar-refractivity contribution in [3.05, 3.63) is 16.4 Å². The summed E-state index contributed by atoms with van der Waals surface area (Å²) in [5, 5.41) is 15.1. The van der Waals surface area contributed by atoms with Crippen LogP contribution in [0, 0.1) is 13.8 Å². The molecule has 1 aromatic rings. The summed E-state index contributed by atoms with van der Waals surface area (Å²) in [4.78, 5) is 10.4. The van der Waals surface area contributed by atoms with Gasteiger partial charge in [-0.2, -0.15) is 5.10 Å². The van der Waals surface area contributed by atoms with Crippen molar-refractivity contribution < 1.29 is 9.90 Å². The lowest BCUT2D eigenvalue weighted by Gasteiger charge is -2.14. The molecule has 1 rings (SSSR count). The normalized spacial score (nSPS) is 12.9. The Morgan fingerprint density at radius 2 is 2.21 bits per heavy atom. The maximum atomic E-state index is 10.4. The quantitative estimate of drug-likeness (QED) is 0.751. The van der Waals surface area contributed by atoms with Gasteiger partial charge in [0.2, 0.25) is 0 Å². The predicted molar refractivity (Wildman–Crippen MR) is 51.0 cm³/mol. The minimum atomic E-state index is -1.08. The Labute approximate surface area is 87.5 Å². The minimum absolute atomic E-state index is 0.0573. The number of carboxylic acids is 1. The number of carbonyl (C=O) groups is 1. The third-order valence-corrected chi connectivity index (χ3v) is 2.66. The molecule has 0 saturated carbocycles. The largest absolute Gasteiger partial charge is 0.550 e. The number of aryl methyl sites for hydroxylation is 1. The summed E-state index contributed by atoms with van der Waals surface area (Å²) in [5.74, 6) is -1.08. The molecule has 0 spiro atoms. The van der Waals surface area contributed by atoms with Gasteiger partial charge in [0.1, 0.15) is 0 Å². The molecule has 1 atom stereocenters. The van der Waals surface area contributed by atoms with Crippen molar-refractivity contribution in [2.45, 2.75) is 33.2 Å². The maximum absolute atomic E-state index is 10.4. The number of carboxylic acid groups (broad SMARTS) is 1. The predicted octanol–water partition coefficient (Wildman–Crippen LogP) is 0.854. The summed E-state index contributed by atoms with van der Waals surface area (Å²) in [5.41, 5.74) is 1.51. The summed E-state index contributed by atoms with van der Waals surface area (Å²) in [6.45, 7) is 5.37. The Kier molecular flexibility index (Phi) is 3.16. The first-order valence-corrected chi connectivity index (χ1v) is 4.72. The SMILES string of the molecule is Cc1nn([C@H](C)CC(=O)[O-])c(C)c1Cl. The lowest BCUT2D eigenvalue weighted by atomic mass is 10.2. The second-order valence-electron chi connectivity index (χ2n) is 3.35. The Hall–Kier alpha value is -1.03. The highest BCUT2D eigenvalue weighted by Gasteiger charge is 2.13. The molecular weight excluding hydrogens is 204 g/mol. The van der Waals surface area contributed by atoms with Crippen LogP contribution in [0.15, 0.2) is 0 Å². The second-order valence-corrected chi connectivity index (χ2v) is 3.73. The van der Waals surface area contributed by atoms with E-state index in [-0.39, 0.29) is 12.5 Å². The van der Waals surface area contributed by atoms with Gasteiger partial charge in [-0.25, -0.2) is 0 Å². The summed E-state index contributed by atoms with van der Waals surface area (Å²) in [6.07, 6.45) is -0.0573. The van der Waals surface area contributed by atoms with Crippen LogP contribution >= 0.6 is 11.6 Å². The minimum Gasteiger partial charge on any atom is -0.550 e. The molecule has 1 heterocycles. The average Bonchev–Trinajstić information content (AvgIpc) is 2.32. The van der Waals surface area contributed by atoms with Crippen molar-refractivity contribution in [3.63, 3.8) is 0 Å². The smallest absolute Gasteiger partial charge is 0.0844 e. The first kappa shape index (κ1) is 11.0. The molecule has 0 bridgehead atoms. The van der Waals surface area contributed by atoms with Gasteiger partial charge in [-0.3, -0.25) is 4.68 Å². The number of carbonyl (C=O) groups excluding carboxylic acids is 1. The van der Waals surface area contributed by atoms with Crippen LogP contribution in [0.1, 0.15) is 30.8 Å². The van der Waals surface area contributed by atoms with Crippen molar-refractivity contribution in [1.29, 1.82) is 0 Å². The number of rotatable bonds is 3. The maximum Gasteiger partial charge on any atom is 0.0844 e. The monoisotopic (exact) mass is 215 g/mol. The fourth-order valence-electron chi connectivity index (χ4n) is 1.40. The lowest BCUT2D eigenvalue weighted by molar-refractivity contribution is -0.306. The molecule has 0 aliphatic heterocycles. The molecule has 0 aliphatic carbocycles. The lowest BCUT2D eigenvalue weighted by Crippen LogP contribution is -2.26. The van der Waals surface area contributed by atoms with Crippen LogP contribution < -0.4 is 5.11 Å². The fraction of sp³-hybridized carbons (Fsp3) is 0.556. The van der Waals surface area contributed by atoms with Crippen LogP contribution in [0.4, 0.5) is 0 Å². The highest BCUT2D eigenvalue weighted by molar-refractivity contribution is 6.31. The van der Waals surface area contributed by atoms with E-state index in [2.05, 4.69) is 5.10 Å². The van der Waals surface area contributed by atoms with Gasteiger partial charge in [-0.1, -0.05) is 11.6 Å². The van der Waals surface area contributed by atoms with Gasteiger partial charge in [0.25, 0.3) is 0 Å². The Morgan fingerprint density at radius 1 is 1.64 bits per heavy atom. The van der Waals surface area contributed by atoms with Gasteiger partial charge >= 0.3 is 0 Å². The van der Waals surface area contributed by atoms with Crippen LogP contribution in [0.5, 0.6) is 0 Å². The number of nitrogens with zero attached hydrogens (tertiary/aromatic N) is 2. The van der Waals surface area contributed by atoms with E-state index in [0.717, 1.165) is 11.4 Å². The van der Waals surface area contributed by atoms with Gasteiger partial charge in [-0.15, -0.1) is 0 Å². The van der Waals surface area contributed by atoms with Crippen LogP contribution in [-0.2, 0) is 4.79 Å². The van der Waals surface area contributed by atoms with E-state index in [0.29, 0.717) is 5.02 Å². The van der Waals surface area contributed by atoms with Crippen molar-refractivity contribution in [3.8, 4) is 0 Å². The van der Waals surface area contributed by atoms with Crippen LogP contribution in [0.25, 0.3) is 0 Å². The zero-order chi connectivity index (χ0) is 10.9. The Bertz CT molecular complexity index is 360. The number of hydrogen-bond acceptors (Lipinski definition) is 3. The van der Waals surface area contributed by atoms with E-state index < -0.39 is 5.97 Å². The highest BCUT2D eigenvalue weighted by atomic mass is 35.5. The molecule has 0 saturated heterocycles. The zero-order valence-corrected chi connectivity index (χ0v) is 9.13. The molecule has 0 unspecified atom stereocenters. The molecule has 1 aromatic heterocycles. The molecule has 0 amide bonds. The van der Waals surface area contributed by atoms with E-state index in [4.69, 9.17) is 11.6 Å². The first-order valence-electron chi connectivity index (χ1n) is 4.34. The molecule has 78 valence electrons. The Morgan fingerprint density at radius 3 is 2.57 bits per heavy atom. The number of halogens is 1. The third-order valence-electron chi connectivity index (χ3n) is 2.12. The average molecular weight is 216 g/mol. The second kappa shape index (κ2) is 4.00. The fourth-order valence-corrected chi connectivity index (χ4v) is 1.52. The highest BCUT2D eigenvalue weighted by Crippen LogP contribution is 2.23.